The quantitative estimate of drug-likeness (QED) is 0.381. The maximum absolute atomic E-state index is 13.3. The topological polar surface area (TPSA) is 104 Å². The predicted molar refractivity (Wildman–Crippen MR) is 112 cm³/mol. The van der Waals surface area contributed by atoms with Crippen LogP contribution in [0.5, 0.6) is 0 Å². The second-order valence-corrected chi connectivity index (χ2v) is 7.85. The van der Waals surface area contributed by atoms with Gasteiger partial charge in [0.1, 0.15) is 18.4 Å². The van der Waals surface area contributed by atoms with E-state index in [2.05, 4.69) is 20.2 Å². The molecule has 4 rings (SSSR count). The zero-order chi connectivity index (χ0) is 26.3. The molecule has 0 saturated heterocycles. The van der Waals surface area contributed by atoms with E-state index in [1.54, 1.807) is 0 Å². The first-order valence-electron chi connectivity index (χ1n) is 9.96. The number of hydrogen-bond acceptors (Lipinski definition) is 6. The molecule has 4 aromatic rings. The highest BCUT2D eigenvalue weighted by molar-refractivity contribution is 6.30. The van der Waals surface area contributed by atoms with E-state index in [-0.39, 0.29) is 17.2 Å². The average Bonchev–Trinajstić information content (AvgIpc) is 3.39. The van der Waals surface area contributed by atoms with E-state index in [1.807, 2.05) is 0 Å². The van der Waals surface area contributed by atoms with Gasteiger partial charge in [-0.25, -0.2) is 24.1 Å². The van der Waals surface area contributed by atoms with E-state index >= 15 is 0 Å². The normalized spacial score (nSPS) is 13.2. The predicted octanol–water partition coefficient (Wildman–Crippen LogP) is 3.33. The minimum atomic E-state index is -5.00. The molecule has 16 heteroatoms. The summed E-state index contributed by atoms with van der Waals surface area (Å²) in [5, 5.41) is 17.8. The molecule has 0 spiro atoms. The smallest absolute Gasteiger partial charge is 0.382 e. The molecule has 3 aromatic heterocycles. The van der Waals surface area contributed by atoms with Crippen LogP contribution in [0.3, 0.4) is 0 Å². The van der Waals surface area contributed by atoms with Crippen LogP contribution in [-0.4, -0.2) is 51.5 Å². The van der Waals surface area contributed by atoms with Crippen molar-refractivity contribution in [1.82, 2.24) is 34.1 Å². The largest absolute Gasteiger partial charge is 0.420 e. The summed E-state index contributed by atoms with van der Waals surface area (Å²) in [5.74, 6) is -0.931. The van der Waals surface area contributed by atoms with Gasteiger partial charge in [-0.2, -0.15) is 26.3 Å². The maximum atomic E-state index is 13.3. The molecule has 0 bridgehead atoms. The molecule has 1 atom stereocenters. The first-order valence-corrected chi connectivity index (χ1v) is 10.3. The van der Waals surface area contributed by atoms with Gasteiger partial charge in [-0.3, -0.25) is 4.57 Å². The number of hydrogen-bond donors (Lipinski definition) is 1. The lowest BCUT2D eigenvalue weighted by atomic mass is 10.2. The SMILES string of the molecule is O=c1n(Cc2ncn(-c3ncccc3C(F)(F)F)n2)nc(-c2ccc(Cl)cc2)n1CC(O)C(F)(F)F. The van der Waals surface area contributed by atoms with Crippen LogP contribution in [0.4, 0.5) is 26.3 Å². The van der Waals surface area contributed by atoms with Crippen molar-refractivity contribution >= 4 is 11.6 Å². The summed E-state index contributed by atoms with van der Waals surface area (Å²) >= 11 is 5.84. The lowest BCUT2D eigenvalue weighted by molar-refractivity contribution is -0.207. The second kappa shape index (κ2) is 9.39. The molecule has 190 valence electrons. The molecule has 0 fully saturated rings. The summed E-state index contributed by atoms with van der Waals surface area (Å²) in [6, 6.07) is 7.60. The molecular weight excluding hydrogens is 520 g/mol. The van der Waals surface area contributed by atoms with Crippen molar-refractivity contribution < 1.29 is 31.4 Å². The number of aliphatic hydroxyl groups excluding tert-OH is 1. The van der Waals surface area contributed by atoms with Crippen molar-refractivity contribution in [2.24, 2.45) is 0 Å². The number of pyridine rings is 1. The van der Waals surface area contributed by atoms with Gasteiger partial charge in [0.05, 0.1) is 6.54 Å². The second-order valence-electron chi connectivity index (χ2n) is 7.42. The fraction of sp³-hybridized carbons (Fsp3) is 0.250. The molecule has 9 nitrogen and oxygen atoms in total. The van der Waals surface area contributed by atoms with Crippen molar-refractivity contribution in [3.8, 4) is 17.2 Å². The Morgan fingerprint density at radius 1 is 1.00 bits per heavy atom. The molecule has 0 aliphatic carbocycles. The molecule has 0 saturated carbocycles. The average molecular weight is 534 g/mol. The first kappa shape index (κ1) is 25.4. The lowest BCUT2D eigenvalue weighted by Gasteiger charge is -2.15. The third-order valence-electron chi connectivity index (χ3n) is 4.90. The van der Waals surface area contributed by atoms with Crippen LogP contribution in [0.15, 0.2) is 53.7 Å². The van der Waals surface area contributed by atoms with E-state index in [4.69, 9.17) is 11.6 Å². The zero-order valence-electron chi connectivity index (χ0n) is 17.7. The highest BCUT2D eigenvalue weighted by atomic mass is 35.5. The van der Waals surface area contributed by atoms with Gasteiger partial charge >= 0.3 is 18.0 Å². The van der Waals surface area contributed by atoms with Gasteiger partial charge in [-0.1, -0.05) is 11.6 Å². The third-order valence-corrected chi connectivity index (χ3v) is 5.15. The standard InChI is InChI=1S/C20H14ClF6N7O2/c21-12-5-3-11(4-6-12)16-31-33(18(36)32(16)8-14(35)20(25,26)27)9-15-29-10-34(30-15)17-13(19(22,23)24)2-1-7-28-17/h1-7,10,14,35H,8-9H2. The van der Waals surface area contributed by atoms with Crippen LogP contribution in [0.2, 0.25) is 5.02 Å². The van der Waals surface area contributed by atoms with Gasteiger partial charge in [0.15, 0.2) is 23.6 Å². The Kier molecular flexibility index (Phi) is 6.62. The van der Waals surface area contributed by atoms with Crippen LogP contribution in [-0.2, 0) is 19.3 Å². The van der Waals surface area contributed by atoms with Crippen molar-refractivity contribution in [3.05, 3.63) is 75.8 Å². The van der Waals surface area contributed by atoms with Crippen LogP contribution >= 0.6 is 11.6 Å². The maximum Gasteiger partial charge on any atom is 0.420 e. The number of aromatic nitrogens is 7. The molecule has 0 radical (unpaired) electrons. The van der Waals surface area contributed by atoms with Crippen molar-refractivity contribution in [2.75, 3.05) is 0 Å². The summed E-state index contributed by atoms with van der Waals surface area (Å²) in [7, 11) is 0. The van der Waals surface area contributed by atoms with E-state index in [0.717, 1.165) is 34.0 Å². The van der Waals surface area contributed by atoms with Gasteiger partial charge < -0.3 is 5.11 Å². The molecule has 1 N–H and O–H groups in total. The zero-order valence-corrected chi connectivity index (χ0v) is 18.5. The summed E-state index contributed by atoms with van der Waals surface area (Å²) in [6.07, 6.45) is -10.5. The van der Waals surface area contributed by atoms with Crippen molar-refractivity contribution in [3.63, 3.8) is 0 Å². The number of rotatable bonds is 6. The fourth-order valence-electron chi connectivity index (χ4n) is 3.20. The molecule has 0 aliphatic heterocycles. The summed E-state index contributed by atoms with van der Waals surface area (Å²) in [6.45, 7) is -1.64. The lowest BCUT2D eigenvalue weighted by Crippen LogP contribution is -2.37. The molecular formula is C20H14ClF6N7O2. The Labute approximate surface area is 202 Å². The Morgan fingerprint density at radius 3 is 2.33 bits per heavy atom. The van der Waals surface area contributed by atoms with Crippen LogP contribution < -0.4 is 5.69 Å². The molecule has 0 aliphatic rings. The number of halogens is 7. The third kappa shape index (κ3) is 5.26. The molecule has 1 aromatic carbocycles. The Balaban J connectivity index is 1.71. The number of alkyl halides is 6. The Bertz CT molecular complexity index is 1430. The highest BCUT2D eigenvalue weighted by Gasteiger charge is 2.39. The summed E-state index contributed by atoms with van der Waals surface area (Å²) < 4.78 is 80.9. The number of aliphatic hydroxyl groups is 1. The highest BCUT2D eigenvalue weighted by Crippen LogP contribution is 2.32. The van der Waals surface area contributed by atoms with E-state index in [1.165, 1.54) is 24.3 Å². The molecule has 0 amide bonds. The first-order chi connectivity index (χ1) is 16.8. The number of benzene rings is 1. The Morgan fingerprint density at radius 2 is 1.69 bits per heavy atom. The van der Waals surface area contributed by atoms with E-state index in [9.17, 15) is 36.2 Å². The van der Waals surface area contributed by atoms with Crippen molar-refractivity contribution in [1.29, 1.82) is 0 Å². The van der Waals surface area contributed by atoms with Crippen LogP contribution in [0, 0.1) is 0 Å². The van der Waals surface area contributed by atoms with Crippen LogP contribution in [0.25, 0.3) is 17.2 Å². The van der Waals surface area contributed by atoms with E-state index < -0.39 is 48.6 Å². The minimum absolute atomic E-state index is 0.167. The molecule has 3 heterocycles. The number of nitrogens with zero attached hydrogens (tertiary/aromatic N) is 7. The molecule has 36 heavy (non-hydrogen) atoms. The summed E-state index contributed by atoms with van der Waals surface area (Å²) in [4.78, 5) is 20.4. The van der Waals surface area contributed by atoms with Gasteiger partial charge in [0.25, 0.3) is 0 Å². The van der Waals surface area contributed by atoms with Crippen LogP contribution in [0.1, 0.15) is 11.4 Å². The minimum Gasteiger partial charge on any atom is -0.382 e. The monoisotopic (exact) mass is 533 g/mol. The van der Waals surface area contributed by atoms with Gasteiger partial charge in [0.2, 0.25) is 0 Å². The Hall–Kier alpha value is -3.72. The molecule has 1 unspecified atom stereocenters. The van der Waals surface area contributed by atoms with Crippen molar-refractivity contribution in [2.45, 2.75) is 31.5 Å². The van der Waals surface area contributed by atoms with Gasteiger partial charge in [-0.15, -0.1) is 10.2 Å². The van der Waals surface area contributed by atoms with E-state index in [0.29, 0.717) is 9.59 Å². The van der Waals surface area contributed by atoms with Gasteiger partial charge in [-0.05, 0) is 36.4 Å². The fourth-order valence-corrected chi connectivity index (χ4v) is 3.33. The summed E-state index contributed by atoms with van der Waals surface area (Å²) in [5.41, 5.74) is -1.88. The van der Waals surface area contributed by atoms with Gasteiger partial charge in [0, 0.05) is 16.8 Å².